The number of piperazine rings is 1. The van der Waals surface area contributed by atoms with Gasteiger partial charge in [-0.05, 0) is 83.3 Å². The summed E-state index contributed by atoms with van der Waals surface area (Å²) in [7, 11) is -0.460. The van der Waals surface area contributed by atoms with Crippen LogP contribution in [0.2, 0.25) is 0 Å². The summed E-state index contributed by atoms with van der Waals surface area (Å²) in [5.41, 5.74) is 2.52. The van der Waals surface area contributed by atoms with Crippen molar-refractivity contribution in [3.05, 3.63) is 90.1 Å². The average Bonchev–Trinajstić information content (AvgIpc) is 3.72. The van der Waals surface area contributed by atoms with Crippen LogP contribution in [-0.4, -0.2) is 102 Å². The second kappa shape index (κ2) is 17.6. The second-order valence-electron chi connectivity index (χ2n) is 15.6. The summed E-state index contributed by atoms with van der Waals surface area (Å²) in [6, 6.07) is 20.6. The van der Waals surface area contributed by atoms with E-state index in [1.165, 1.54) is 11.1 Å². The first-order valence-corrected chi connectivity index (χ1v) is 19.6. The van der Waals surface area contributed by atoms with Crippen molar-refractivity contribution in [2.45, 2.75) is 77.5 Å². The number of ketones is 1. The molecule has 4 aromatic rings. The monoisotopic (exact) mass is 777 g/mol. The van der Waals surface area contributed by atoms with E-state index in [9.17, 15) is 24.0 Å². The van der Waals surface area contributed by atoms with Gasteiger partial charge in [0.05, 0.1) is 28.0 Å². The molecule has 2 saturated heterocycles. The highest BCUT2D eigenvalue weighted by atomic mass is 16.7. The summed E-state index contributed by atoms with van der Waals surface area (Å²) in [5.74, 6) is -1.39. The van der Waals surface area contributed by atoms with Gasteiger partial charge in [0.1, 0.15) is 0 Å². The standard InChI is InChI=1S/C42H52BN7O7/c1-28-27-49(37(52)29-14-9-8-10-15-29)24-25-50(28)38(53)36(51)33-26-46-35-32(33)16-13-17-34(35)48-40(55)45-23-12-7-6-11-22-44-39(54)47-31-20-18-30(19-21-31)43-56-41(2,3)42(4,5)57-43/h8-10,13-21,26,28,46H,6-7,11-12,22-25,27H2,1-5H3,(H2,44,47,54)(H2,45,48,55)/t28-/m1/s1. The van der Waals surface area contributed by atoms with Gasteiger partial charge in [0.25, 0.3) is 17.6 Å². The molecule has 0 bridgehead atoms. The minimum Gasteiger partial charge on any atom is -0.399 e. The van der Waals surface area contributed by atoms with Crippen molar-refractivity contribution in [3.63, 3.8) is 0 Å². The van der Waals surface area contributed by atoms with Crippen LogP contribution in [0.3, 0.4) is 0 Å². The lowest BCUT2D eigenvalue weighted by molar-refractivity contribution is -0.130. The normalized spacial score (nSPS) is 17.3. The zero-order valence-corrected chi connectivity index (χ0v) is 33.3. The molecule has 6 amide bonds. The number of amides is 6. The number of H-pyrrole nitrogens is 1. The van der Waals surface area contributed by atoms with Gasteiger partial charge in [0.2, 0.25) is 0 Å². The van der Waals surface area contributed by atoms with E-state index >= 15 is 0 Å². The van der Waals surface area contributed by atoms with Crippen LogP contribution >= 0.6 is 0 Å². The summed E-state index contributed by atoms with van der Waals surface area (Å²) in [5, 5.41) is 12.0. The zero-order valence-electron chi connectivity index (χ0n) is 33.3. The Morgan fingerprint density at radius 1 is 0.772 bits per heavy atom. The van der Waals surface area contributed by atoms with Gasteiger partial charge < -0.3 is 45.4 Å². The van der Waals surface area contributed by atoms with Crippen LogP contribution in [0.4, 0.5) is 21.0 Å². The maximum Gasteiger partial charge on any atom is 0.494 e. The van der Waals surface area contributed by atoms with Crippen LogP contribution in [0, 0.1) is 0 Å². The molecule has 6 rings (SSSR count). The van der Waals surface area contributed by atoms with Crippen molar-refractivity contribution in [3.8, 4) is 0 Å². The smallest absolute Gasteiger partial charge is 0.399 e. The molecule has 0 spiro atoms. The van der Waals surface area contributed by atoms with Gasteiger partial charge in [-0.15, -0.1) is 0 Å². The van der Waals surface area contributed by atoms with Crippen molar-refractivity contribution in [2.24, 2.45) is 0 Å². The van der Waals surface area contributed by atoms with Crippen molar-refractivity contribution < 1.29 is 33.3 Å². The Morgan fingerprint density at radius 2 is 1.40 bits per heavy atom. The molecule has 2 fully saturated rings. The van der Waals surface area contributed by atoms with Gasteiger partial charge in [0.15, 0.2) is 0 Å². The Kier molecular flexibility index (Phi) is 12.7. The van der Waals surface area contributed by atoms with Crippen molar-refractivity contribution in [1.82, 2.24) is 25.4 Å². The van der Waals surface area contributed by atoms with Crippen LogP contribution in [0.1, 0.15) is 81.0 Å². The first kappa shape index (κ1) is 41.0. The first-order chi connectivity index (χ1) is 27.2. The van der Waals surface area contributed by atoms with Gasteiger partial charge in [0, 0.05) is 61.6 Å². The Labute approximate surface area is 333 Å². The number of anilines is 2. The highest BCUT2D eigenvalue weighted by molar-refractivity contribution is 6.62. The van der Waals surface area contributed by atoms with Gasteiger partial charge in [-0.25, -0.2) is 9.59 Å². The number of carbonyl (C=O) groups excluding carboxylic acids is 5. The van der Waals surface area contributed by atoms with E-state index in [0.717, 1.165) is 31.1 Å². The Morgan fingerprint density at radius 3 is 2.04 bits per heavy atom. The third-order valence-corrected chi connectivity index (χ3v) is 11.0. The summed E-state index contributed by atoms with van der Waals surface area (Å²) in [6.45, 7) is 11.7. The van der Waals surface area contributed by atoms with Crippen LogP contribution in [0.25, 0.3) is 10.9 Å². The first-order valence-electron chi connectivity index (χ1n) is 19.6. The van der Waals surface area contributed by atoms with E-state index in [0.29, 0.717) is 54.0 Å². The number of unbranched alkanes of at least 4 members (excludes halogenated alkanes) is 3. The minimum atomic E-state index is -0.655. The summed E-state index contributed by atoms with van der Waals surface area (Å²) in [4.78, 5) is 71.2. The molecule has 15 heteroatoms. The highest BCUT2D eigenvalue weighted by Crippen LogP contribution is 2.36. The molecule has 57 heavy (non-hydrogen) atoms. The molecule has 0 aliphatic carbocycles. The van der Waals surface area contributed by atoms with E-state index in [4.69, 9.17) is 9.31 Å². The lowest BCUT2D eigenvalue weighted by atomic mass is 9.79. The molecule has 1 atom stereocenters. The van der Waals surface area contributed by atoms with Crippen LogP contribution in [0.15, 0.2) is 79.0 Å². The lowest BCUT2D eigenvalue weighted by Crippen LogP contribution is -2.56. The molecular weight excluding hydrogens is 725 g/mol. The lowest BCUT2D eigenvalue weighted by Gasteiger charge is -2.39. The Hall–Kier alpha value is -5.67. The van der Waals surface area contributed by atoms with Gasteiger partial charge >= 0.3 is 19.2 Å². The number of aromatic nitrogens is 1. The molecule has 0 radical (unpaired) electrons. The topological polar surface area (TPSA) is 174 Å². The number of Topliss-reactive ketones (excluding diaryl/α,β-unsaturated/α-hetero) is 1. The van der Waals surface area contributed by atoms with Gasteiger partial charge in [-0.1, -0.05) is 55.3 Å². The number of hydrogen-bond acceptors (Lipinski definition) is 7. The summed E-state index contributed by atoms with van der Waals surface area (Å²) in [6.07, 6.45) is 4.79. The predicted octanol–water partition coefficient (Wildman–Crippen LogP) is 5.53. The number of para-hydroxylation sites is 1. The minimum absolute atomic E-state index is 0.104. The third-order valence-electron chi connectivity index (χ3n) is 11.0. The molecule has 1 aromatic heterocycles. The van der Waals surface area contributed by atoms with Gasteiger partial charge in [-0.3, -0.25) is 14.4 Å². The largest absolute Gasteiger partial charge is 0.494 e. The molecule has 0 unspecified atom stereocenters. The SMILES string of the molecule is C[C@@H]1CN(C(=O)c2ccccc2)CCN1C(=O)C(=O)c1c[nH]c2c(NC(=O)NCCCCCCNC(=O)Nc3ccc(B4OC(C)(C)C(C)(C)O4)cc3)cccc12. The molecular formula is C42H52BN7O7. The summed E-state index contributed by atoms with van der Waals surface area (Å²) >= 11 is 0. The van der Waals surface area contributed by atoms with Crippen LogP contribution in [-0.2, 0) is 14.1 Å². The molecule has 3 heterocycles. The Balaban J connectivity index is 0.875. The quantitative estimate of drug-likeness (QED) is 0.0514. The van der Waals surface area contributed by atoms with Crippen LogP contribution in [0.5, 0.6) is 0 Å². The van der Waals surface area contributed by atoms with E-state index in [1.54, 1.807) is 35.2 Å². The number of nitrogens with one attached hydrogen (secondary N) is 5. The zero-order chi connectivity index (χ0) is 40.7. The fraction of sp³-hybridized carbons (Fsp3) is 0.405. The maximum atomic E-state index is 13.5. The number of fused-ring (bicyclic) bond motifs is 1. The molecule has 5 N–H and O–H groups in total. The van der Waals surface area contributed by atoms with Gasteiger partial charge in [-0.2, -0.15) is 0 Å². The molecule has 300 valence electrons. The third kappa shape index (κ3) is 9.66. The van der Waals surface area contributed by atoms with Crippen molar-refractivity contribution in [1.29, 1.82) is 0 Å². The predicted molar refractivity (Wildman–Crippen MR) is 221 cm³/mol. The van der Waals surface area contributed by atoms with E-state index in [2.05, 4.69) is 26.3 Å². The van der Waals surface area contributed by atoms with E-state index in [-0.39, 0.29) is 36.1 Å². The number of hydrogen-bond donors (Lipinski definition) is 5. The summed E-state index contributed by atoms with van der Waals surface area (Å²) < 4.78 is 12.2. The van der Waals surface area contributed by atoms with E-state index < -0.39 is 30.0 Å². The number of urea groups is 2. The maximum absolute atomic E-state index is 13.5. The van der Waals surface area contributed by atoms with E-state index in [1.807, 2.05) is 77.1 Å². The molecule has 2 aliphatic heterocycles. The fourth-order valence-corrected chi connectivity index (χ4v) is 6.95. The van der Waals surface area contributed by atoms with Crippen molar-refractivity contribution in [2.75, 3.05) is 43.4 Å². The average molecular weight is 778 g/mol. The Bertz CT molecular complexity index is 2070. The molecule has 3 aromatic carbocycles. The molecule has 0 saturated carbocycles. The second-order valence-corrected chi connectivity index (χ2v) is 15.6. The van der Waals surface area contributed by atoms with Crippen LogP contribution < -0.4 is 26.7 Å². The number of carbonyl (C=O) groups is 5. The number of aromatic amines is 1. The number of benzene rings is 3. The van der Waals surface area contributed by atoms with Crippen molar-refractivity contribution >= 4 is 64.5 Å². The molecule has 2 aliphatic rings. The number of rotatable bonds is 13. The number of nitrogens with zero attached hydrogens (tertiary/aromatic N) is 2. The molecule has 14 nitrogen and oxygen atoms in total. The highest BCUT2D eigenvalue weighted by Gasteiger charge is 2.51. The fourth-order valence-electron chi connectivity index (χ4n) is 6.95.